The van der Waals surface area contributed by atoms with Gasteiger partial charge in [0.25, 0.3) is 5.91 Å². The maximum absolute atomic E-state index is 13.0. The Labute approximate surface area is 171 Å². The third-order valence-electron chi connectivity index (χ3n) is 5.47. The van der Waals surface area contributed by atoms with Crippen molar-refractivity contribution in [2.45, 2.75) is 38.6 Å². The van der Waals surface area contributed by atoms with E-state index in [9.17, 15) is 18.0 Å². The summed E-state index contributed by atoms with van der Waals surface area (Å²) in [6.45, 7) is 3.16. The third kappa shape index (κ3) is 3.81. The van der Waals surface area contributed by atoms with Crippen molar-refractivity contribution < 1.29 is 27.1 Å². The summed E-state index contributed by atoms with van der Waals surface area (Å²) in [5.74, 6) is 1.38. The Kier molecular flexibility index (Phi) is 5.31. The standard InChI is InChI=1S/C21H22F3N3O3/c1-13-25-17-11-14(21(22,23)24)3-5-18(17)27(13)15-7-9-26(10-8-15)20(28)19-6-4-16(30-19)12-29-2/h3-6,11,15H,7-10,12H2,1-2H3. The predicted molar refractivity (Wildman–Crippen MR) is 103 cm³/mol. The fourth-order valence-corrected chi connectivity index (χ4v) is 4.05. The lowest BCUT2D eigenvalue weighted by Gasteiger charge is -2.33. The van der Waals surface area contributed by atoms with Gasteiger partial charge in [-0.1, -0.05) is 0 Å². The van der Waals surface area contributed by atoms with E-state index >= 15 is 0 Å². The summed E-state index contributed by atoms with van der Waals surface area (Å²) >= 11 is 0. The summed E-state index contributed by atoms with van der Waals surface area (Å²) in [6, 6.07) is 7.10. The van der Waals surface area contributed by atoms with E-state index in [1.165, 1.54) is 6.07 Å². The van der Waals surface area contributed by atoms with Crippen LogP contribution in [0, 0.1) is 6.92 Å². The van der Waals surface area contributed by atoms with Crippen LogP contribution >= 0.6 is 0 Å². The molecule has 4 rings (SSSR count). The summed E-state index contributed by atoms with van der Waals surface area (Å²) < 4.78 is 51.5. The first kappa shape index (κ1) is 20.5. The van der Waals surface area contributed by atoms with Crippen LogP contribution in [0.3, 0.4) is 0 Å². The Morgan fingerprint density at radius 3 is 2.63 bits per heavy atom. The molecule has 0 unspecified atom stereocenters. The van der Waals surface area contributed by atoms with Gasteiger partial charge in [0.05, 0.1) is 16.6 Å². The van der Waals surface area contributed by atoms with Gasteiger partial charge in [0.2, 0.25) is 0 Å². The van der Waals surface area contributed by atoms with Gasteiger partial charge in [0.15, 0.2) is 5.76 Å². The first-order valence-corrected chi connectivity index (χ1v) is 9.70. The van der Waals surface area contributed by atoms with Crippen molar-refractivity contribution in [2.24, 2.45) is 0 Å². The van der Waals surface area contributed by atoms with Gasteiger partial charge in [-0.2, -0.15) is 13.2 Å². The number of methoxy groups -OCH3 is 1. The third-order valence-corrected chi connectivity index (χ3v) is 5.47. The molecule has 160 valence electrons. The smallest absolute Gasteiger partial charge is 0.416 e. The zero-order chi connectivity index (χ0) is 21.5. The van der Waals surface area contributed by atoms with Crippen LogP contribution in [0.5, 0.6) is 0 Å². The number of imidazole rings is 1. The second-order valence-corrected chi connectivity index (χ2v) is 7.45. The van der Waals surface area contributed by atoms with Crippen molar-refractivity contribution in [1.29, 1.82) is 0 Å². The Hall–Kier alpha value is -2.81. The normalized spacial score (nSPS) is 15.8. The summed E-state index contributed by atoms with van der Waals surface area (Å²) in [7, 11) is 1.56. The van der Waals surface area contributed by atoms with Crippen LogP contribution in [0.15, 0.2) is 34.7 Å². The number of ether oxygens (including phenoxy) is 1. The van der Waals surface area contributed by atoms with Crippen LogP contribution in [0.4, 0.5) is 13.2 Å². The lowest BCUT2D eigenvalue weighted by molar-refractivity contribution is -0.137. The minimum atomic E-state index is -4.40. The molecule has 1 aromatic carbocycles. The average molecular weight is 421 g/mol. The minimum absolute atomic E-state index is 0.0661. The molecule has 0 atom stereocenters. The van der Waals surface area contributed by atoms with Gasteiger partial charge in [0, 0.05) is 26.2 Å². The molecule has 1 aliphatic heterocycles. The topological polar surface area (TPSA) is 60.5 Å². The number of carbonyl (C=O) groups is 1. The van der Waals surface area contributed by atoms with Crippen molar-refractivity contribution in [3.05, 3.63) is 53.2 Å². The number of likely N-dealkylation sites (tertiary alicyclic amines) is 1. The molecule has 1 saturated heterocycles. The Morgan fingerprint density at radius 2 is 1.97 bits per heavy atom. The number of alkyl halides is 3. The first-order valence-electron chi connectivity index (χ1n) is 9.70. The van der Waals surface area contributed by atoms with Crippen LogP contribution in [0.25, 0.3) is 11.0 Å². The fourth-order valence-electron chi connectivity index (χ4n) is 4.05. The summed E-state index contributed by atoms with van der Waals surface area (Å²) in [5.41, 5.74) is 0.314. The maximum atomic E-state index is 13.0. The summed E-state index contributed by atoms with van der Waals surface area (Å²) in [4.78, 5) is 18.8. The summed E-state index contributed by atoms with van der Waals surface area (Å²) in [6.07, 6.45) is -3.03. The number of piperidine rings is 1. The van der Waals surface area contributed by atoms with E-state index < -0.39 is 11.7 Å². The minimum Gasteiger partial charge on any atom is -0.453 e. The molecular weight excluding hydrogens is 399 g/mol. The highest BCUT2D eigenvalue weighted by Gasteiger charge is 2.32. The van der Waals surface area contributed by atoms with Crippen LogP contribution in [-0.4, -0.2) is 40.6 Å². The predicted octanol–water partition coefficient (Wildman–Crippen LogP) is 4.58. The van der Waals surface area contributed by atoms with E-state index in [1.54, 1.807) is 31.1 Å². The molecule has 0 N–H and O–H groups in total. The van der Waals surface area contributed by atoms with Crippen molar-refractivity contribution in [2.75, 3.05) is 20.2 Å². The molecule has 1 fully saturated rings. The molecule has 3 heterocycles. The second-order valence-electron chi connectivity index (χ2n) is 7.45. The number of halogens is 3. The van der Waals surface area contributed by atoms with Gasteiger partial charge in [-0.25, -0.2) is 4.98 Å². The lowest BCUT2D eigenvalue weighted by atomic mass is 10.0. The second kappa shape index (κ2) is 7.79. The highest BCUT2D eigenvalue weighted by atomic mass is 19.4. The van der Waals surface area contributed by atoms with Crippen LogP contribution in [-0.2, 0) is 17.5 Å². The lowest BCUT2D eigenvalue weighted by Crippen LogP contribution is -2.39. The van der Waals surface area contributed by atoms with Crippen LogP contribution in [0.1, 0.15) is 46.6 Å². The number of fused-ring (bicyclic) bond motifs is 1. The Balaban J connectivity index is 1.49. The number of furan rings is 1. The highest BCUT2D eigenvalue weighted by molar-refractivity contribution is 5.91. The molecule has 0 radical (unpaired) electrons. The largest absolute Gasteiger partial charge is 0.453 e. The first-order chi connectivity index (χ1) is 14.3. The van der Waals surface area contributed by atoms with Crippen LogP contribution in [0.2, 0.25) is 0 Å². The number of rotatable bonds is 4. The van der Waals surface area contributed by atoms with Crippen molar-refractivity contribution in [3.8, 4) is 0 Å². The quantitative estimate of drug-likeness (QED) is 0.619. The van der Waals surface area contributed by atoms with E-state index in [0.717, 1.165) is 12.1 Å². The molecule has 0 saturated carbocycles. The number of carbonyl (C=O) groups excluding carboxylic acids is 1. The van der Waals surface area contributed by atoms with E-state index in [2.05, 4.69) is 4.98 Å². The molecule has 6 nitrogen and oxygen atoms in total. The average Bonchev–Trinajstić information content (AvgIpc) is 3.30. The highest BCUT2D eigenvalue weighted by Crippen LogP contribution is 2.34. The molecule has 1 aliphatic rings. The molecular formula is C21H22F3N3O3. The fraction of sp³-hybridized carbons (Fsp3) is 0.429. The van der Waals surface area contributed by atoms with E-state index in [1.807, 2.05) is 4.57 Å². The molecule has 0 bridgehead atoms. The van der Waals surface area contributed by atoms with Gasteiger partial charge in [-0.05, 0) is 50.1 Å². The zero-order valence-corrected chi connectivity index (χ0v) is 16.7. The number of nitrogens with zero attached hydrogens (tertiary/aromatic N) is 3. The molecule has 9 heteroatoms. The molecule has 2 aromatic heterocycles. The number of aromatic nitrogens is 2. The van der Waals surface area contributed by atoms with E-state index in [4.69, 9.17) is 9.15 Å². The van der Waals surface area contributed by atoms with Crippen molar-refractivity contribution >= 4 is 16.9 Å². The molecule has 1 amide bonds. The Bertz CT molecular complexity index is 1060. The zero-order valence-electron chi connectivity index (χ0n) is 16.7. The number of hydrogen-bond donors (Lipinski definition) is 0. The van der Waals surface area contributed by atoms with Gasteiger partial charge >= 0.3 is 6.18 Å². The maximum Gasteiger partial charge on any atom is 0.416 e. The van der Waals surface area contributed by atoms with Crippen molar-refractivity contribution in [3.63, 3.8) is 0 Å². The van der Waals surface area contributed by atoms with Gasteiger partial charge in [-0.15, -0.1) is 0 Å². The SMILES string of the molecule is COCc1ccc(C(=O)N2CCC(n3c(C)nc4cc(C(F)(F)F)ccc43)CC2)o1. The number of hydrogen-bond acceptors (Lipinski definition) is 4. The number of amides is 1. The van der Waals surface area contributed by atoms with Gasteiger partial charge < -0.3 is 18.6 Å². The molecule has 3 aromatic rings. The van der Waals surface area contributed by atoms with E-state index in [0.29, 0.717) is 55.2 Å². The Morgan fingerprint density at radius 1 is 1.23 bits per heavy atom. The number of benzene rings is 1. The molecule has 0 aliphatic carbocycles. The van der Waals surface area contributed by atoms with E-state index in [-0.39, 0.29) is 17.7 Å². The van der Waals surface area contributed by atoms with Gasteiger partial charge in [0.1, 0.15) is 18.2 Å². The van der Waals surface area contributed by atoms with Crippen LogP contribution < -0.4 is 0 Å². The molecule has 30 heavy (non-hydrogen) atoms. The molecule has 0 spiro atoms. The van der Waals surface area contributed by atoms with Crippen molar-refractivity contribution in [1.82, 2.24) is 14.5 Å². The monoisotopic (exact) mass is 421 g/mol. The van der Waals surface area contributed by atoms with Gasteiger partial charge in [-0.3, -0.25) is 4.79 Å². The summed E-state index contributed by atoms with van der Waals surface area (Å²) in [5, 5.41) is 0. The number of aryl methyl sites for hydroxylation is 1.